The third-order valence-corrected chi connectivity index (χ3v) is 3.48. The highest BCUT2D eigenvalue weighted by Gasteiger charge is 2.02. The lowest BCUT2D eigenvalue weighted by atomic mass is 10.1. The van der Waals surface area contributed by atoms with Crippen LogP contribution in [0.4, 0.5) is 0 Å². The van der Waals surface area contributed by atoms with Crippen LogP contribution in [0.15, 0.2) is 57.7 Å². The maximum absolute atomic E-state index is 11.4. The van der Waals surface area contributed by atoms with Crippen LogP contribution in [-0.2, 0) is 0 Å². The van der Waals surface area contributed by atoms with E-state index in [2.05, 4.69) is 6.07 Å². The molecule has 0 aliphatic heterocycles. The van der Waals surface area contributed by atoms with Crippen molar-refractivity contribution in [3.8, 4) is 6.07 Å². The van der Waals surface area contributed by atoms with Crippen LogP contribution >= 0.6 is 0 Å². The maximum Gasteiger partial charge on any atom is 0.336 e. The zero-order valence-electron chi connectivity index (χ0n) is 12.0. The first kappa shape index (κ1) is 13.8. The summed E-state index contributed by atoms with van der Waals surface area (Å²) in [5, 5.41) is 9.72. The summed E-state index contributed by atoms with van der Waals surface area (Å²) in [7, 11) is 0. The molecule has 1 aromatic heterocycles. The fourth-order valence-corrected chi connectivity index (χ4v) is 2.31. The van der Waals surface area contributed by atoms with Crippen molar-refractivity contribution in [3.63, 3.8) is 0 Å². The summed E-state index contributed by atoms with van der Waals surface area (Å²) in [4.78, 5) is 11.4. The normalized spacial score (nSPS) is 10.9. The lowest BCUT2D eigenvalue weighted by Crippen LogP contribution is -1.97. The molecule has 0 aliphatic rings. The van der Waals surface area contributed by atoms with Gasteiger partial charge in [-0.1, -0.05) is 36.4 Å². The second-order valence-corrected chi connectivity index (χ2v) is 5.07. The number of nitriles is 1. The first-order valence-electron chi connectivity index (χ1n) is 6.88. The van der Waals surface area contributed by atoms with E-state index in [4.69, 9.17) is 9.68 Å². The molecule has 106 valence electrons. The van der Waals surface area contributed by atoms with Crippen molar-refractivity contribution in [2.75, 3.05) is 0 Å². The van der Waals surface area contributed by atoms with Crippen LogP contribution in [0.25, 0.3) is 23.1 Å². The van der Waals surface area contributed by atoms with Crippen LogP contribution in [-0.4, -0.2) is 0 Å². The molecular weight excluding hydrogens is 274 g/mol. The van der Waals surface area contributed by atoms with Crippen LogP contribution in [0, 0.1) is 18.3 Å². The van der Waals surface area contributed by atoms with Crippen LogP contribution in [0.1, 0.15) is 22.3 Å². The maximum atomic E-state index is 11.4. The average molecular weight is 287 g/mol. The topological polar surface area (TPSA) is 54.0 Å². The number of nitrogens with zero attached hydrogens (tertiary/aromatic N) is 1. The summed E-state index contributed by atoms with van der Waals surface area (Å²) in [5.41, 5.74) is 3.76. The van der Waals surface area contributed by atoms with Gasteiger partial charge in [-0.2, -0.15) is 5.26 Å². The summed E-state index contributed by atoms with van der Waals surface area (Å²) in [6, 6.07) is 16.7. The number of fused-ring (bicyclic) bond motifs is 1. The van der Waals surface area contributed by atoms with E-state index in [1.54, 1.807) is 12.1 Å². The van der Waals surface area contributed by atoms with E-state index in [1.807, 2.05) is 49.4 Å². The Morgan fingerprint density at radius 2 is 1.68 bits per heavy atom. The van der Waals surface area contributed by atoms with Crippen LogP contribution in [0.2, 0.25) is 0 Å². The van der Waals surface area contributed by atoms with E-state index >= 15 is 0 Å². The Bertz CT molecular complexity index is 957. The van der Waals surface area contributed by atoms with Gasteiger partial charge in [0, 0.05) is 11.5 Å². The van der Waals surface area contributed by atoms with Gasteiger partial charge in [0.05, 0.1) is 11.6 Å². The van der Waals surface area contributed by atoms with Crippen LogP contribution in [0.3, 0.4) is 0 Å². The van der Waals surface area contributed by atoms with E-state index in [1.165, 1.54) is 6.07 Å². The zero-order chi connectivity index (χ0) is 15.5. The second-order valence-electron chi connectivity index (χ2n) is 5.07. The predicted octanol–water partition coefficient (Wildman–Crippen LogP) is 4.14. The molecular formula is C19H13NO2. The fraction of sp³-hybridized carbons (Fsp3) is 0.0526. The van der Waals surface area contributed by atoms with E-state index in [0.29, 0.717) is 11.1 Å². The molecule has 0 saturated heterocycles. The third kappa shape index (κ3) is 2.82. The molecule has 3 rings (SSSR count). The van der Waals surface area contributed by atoms with Gasteiger partial charge in [0.15, 0.2) is 0 Å². The molecule has 22 heavy (non-hydrogen) atoms. The van der Waals surface area contributed by atoms with Gasteiger partial charge in [-0.25, -0.2) is 4.79 Å². The number of benzene rings is 2. The van der Waals surface area contributed by atoms with E-state index in [-0.39, 0.29) is 5.63 Å². The van der Waals surface area contributed by atoms with Gasteiger partial charge in [-0.15, -0.1) is 0 Å². The van der Waals surface area contributed by atoms with E-state index < -0.39 is 0 Å². The van der Waals surface area contributed by atoms with Crippen molar-refractivity contribution in [2.24, 2.45) is 0 Å². The summed E-state index contributed by atoms with van der Waals surface area (Å²) >= 11 is 0. The minimum absolute atomic E-state index is 0.335. The first-order valence-corrected chi connectivity index (χ1v) is 6.88. The Morgan fingerprint density at radius 3 is 2.41 bits per heavy atom. The zero-order valence-corrected chi connectivity index (χ0v) is 12.0. The summed E-state index contributed by atoms with van der Waals surface area (Å²) in [6.07, 6.45) is 3.90. The number of hydrogen-bond donors (Lipinski definition) is 0. The Morgan fingerprint density at radius 1 is 1.00 bits per heavy atom. The van der Waals surface area contributed by atoms with Gasteiger partial charge in [0.25, 0.3) is 0 Å². The average Bonchev–Trinajstić information content (AvgIpc) is 2.53. The van der Waals surface area contributed by atoms with E-state index in [0.717, 1.165) is 22.1 Å². The van der Waals surface area contributed by atoms with Gasteiger partial charge in [-0.05, 0) is 41.8 Å². The minimum atomic E-state index is -0.335. The minimum Gasteiger partial charge on any atom is -0.423 e. The Labute approximate surface area is 127 Å². The van der Waals surface area contributed by atoms with Gasteiger partial charge in [0.2, 0.25) is 0 Å². The van der Waals surface area contributed by atoms with Gasteiger partial charge >= 0.3 is 5.63 Å². The van der Waals surface area contributed by atoms with Crippen molar-refractivity contribution in [3.05, 3.63) is 81.2 Å². The second kappa shape index (κ2) is 5.71. The smallest absolute Gasteiger partial charge is 0.336 e. The van der Waals surface area contributed by atoms with Gasteiger partial charge in [0.1, 0.15) is 5.58 Å². The Balaban J connectivity index is 1.95. The van der Waals surface area contributed by atoms with E-state index in [9.17, 15) is 4.79 Å². The SMILES string of the molecule is Cc1cc(=O)oc2cc(/C=C/c3ccc(C#N)cc3)ccc12. The van der Waals surface area contributed by atoms with Crippen molar-refractivity contribution < 1.29 is 4.42 Å². The van der Waals surface area contributed by atoms with Crippen LogP contribution < -0.4 is 5.63 Å². The third-order valence-electron chi connectivity index (χ3n) is 3.48. The van der Waals surface area contributed by atoms with Crippen molar-refractivity contribution in [1.29, 1.82) is 5.26 Å². The van der Waals surface area contributed by atoms with Crippen molar-refractivity contribution >= 4 is 23.1 Å². The highest BCUT2D eigenvalue weighted by molar-refractivity contribution is 5.83. The highest BCUT2D eigenvalue weighted by Crippen LogP contribution is 2.19. The standard InChI is InChI=1S/C19H13NO2/c1-13-10-19(21)22-18-11-15(8-9-17(13)18)5-2-14-3-6-16(12-20)7-4-14/h2-11H,1H3/b5-2+. The Kier molecular flexibility index (Phi) is 3.59. The predicted molar refractivity (Wildman–Crippen MR) is 87.3 cm³/mol. The largest absolute Gasteiger partial charge is 0.423 e. The molecule has 0 saturated carbocycles. The lowest BCUT2D eigenvalue weighted by Gasteiger charge is -2.01. The number of rotatable bonds is 2. The van der Waals surface area contributed by atoms with Crippen LogP contribution in [0.5, 0.6) is 0 Å². The molecule has 0 bridgehead atoms. The monoisotopic (exact) mass is 287 g/mol. The van der Waals surface area contributed by atoms with Crippen molar-refractivity contribution in [2.45, 2.75) is 6.92 Å². The Hall–Kier alpha value is -3.12. The quantitative estimate of drug-likeness (QED) is 0.525. The molecule has 0 spiro atoms. The summed E-state index contributed by atoms with van der Waals surface area (Å²) in [5.74, 6) is 0. The molecule has 0 radical (unpaired) electrons. The van der Waals surface area contributed by atoms with Gasteiger partial charge in [-0.3, -0.25) is 0 Å². The molecule has 0 fully saturated rings. The molecule has 3 nitrogen and oxygen atoms in total. The highest BCUT2D eigenvalue weighted by atomic mass is 16.4. The molecule has 0 aliphatic carbocycles. The number of aryl methyl sites for hydroxylation is 1. The molecule has 2 aromatic carbocycles. The molecule has 3 aromatic rings. The molecule has 3 heteroatoms. The molecule has 0 atom stereocenters. The molecule has 0 amide bonds. The molecule has 1 heterocycles. The fourth-order valence-electron chi connectivity index (χ4n) is 2.31. The first-order chi connectivity index (χ1) is 10.7. The molecule has 0 unspecified atom stereocenters. The van der Waals surface area contributed by atoms with Crippen molar-refractivity contribution in [1.82, 2.24) is 0 Å². The summed E-state index contributed by atoms with van der Waals surface area (Å²) in [6.45, 7) is 1.89. The summed E-state index contributed by atoms with van der Waals surface area (Å²) < 4.78 is 5.24. The van der Waals surface area contributed by atoms with Gasteiger partial charge < -0.3 is 4.42 Å². The number of hydrogen-bond acceptors (Lipinski definition) is 3. The molecule has 0 N–H and O–H groups in total. The lowest BCUT2D eigenvalue weighted by molar-refractivity contribution is 0.560.